The highest BCUT2D eigenvalue weighted by molar-refractivity contribution is 6.29. The van der Waals surface area contributed by atoms with Gasteiger partial charge in [-0.2, -0.15) is 0 Å². The van der Waals surface area contributed by atoms with Crippen LogP contribution in [-0.4, -0.2) is 9.97 Å². The van der Waals surface area contributed by atoms with E-state index in [-0.39, 0.29) is 0 Å². The van der Waals surface area contributed by atoms with Gasteiger partial charge in [0.05, 0.1) is 5.52 Å². The van der Waals surface area contributed by atoms with Gasteiger partial charge in [-0.25, -0.2) is 4.98 Å². The second-order valence-corrected chi connectivity index (χ2v) is 4.55. The Kier molecular flexibility index (Phi) is 2.95. The van der Waals surface area contributed by atoms with E-state index in [1.165, 1.54) is 5.56 Å². The lowest BCUT2D eigenvalue weighted by Gasteiger charge is -2.05. The second-order valence-electron chi connectivity index (χ2n) is 4.16. The third-order valence-electron chi connectivity index (χ3n) is 2.90. The van der Waals surface area contributed by atoms with Crippen molar-refractivity contribution in [2.45, 2.75) is 6.42 Å². The average Bonchev–Trinajstić information content (AvgIpc) is 2.42. The van der Waals surface area contributed by atoms with E-state index in [9.17, 15) is 0 Å². The molecule has 2 nitrogen and oxygen atoms in total. The highest BCUT2D eigenvalue weighted by atomic mass is 35.5. The fraction of sp³-hybridized carbons (Fsp3) is 0.0667. The third kappa shape index (κ3) is 2.20. The Bertz CT molecular complexity index is 672. The summed E-state index contributed by atoms with van der Waals surface area (Å²) in [5, 5.41) is 1.69. The Morgan fingerprint density at radius 3 is 2.67 bits per heavy atom. The van der Waals surface area contributed by atoms with E-state index in [4.69, 9.17) is 11.6 Å². The van der Waals surface area contributed by atoms with Crippen LogP contribution in [0.2, 0.25) is 5.15 Å². The number of fused-ring (bicyclic) bond motifs is 1. The number of hydrogen-bond donors (Lipinski definition) is 0. The minimum Gasteiger partial charge on any atom is -0.256 e. The van der Waals surface area contributed by atoms with Gasteiger partial charge in [-0.15, -0.1) is 0 Å². The van der Waals surface area contributed by atoms with E-state index in [1.807, 2.05) is 30.6 Å². The average molecular weight is 255 g/mol. The maximum Gasteiger partial charge on any atom is 0.129 e. The molecule has 0 unspecified atom stereocenters. The van der Waals surface area contributed by atoms with Crippen LogP contribution in [0.3, 0.4) is 0 Å². The summed E-state index contributed by atoms with van der Waals surface area (Å²) in [4.78, 5) is 8.55. The van der Waals surface area contributed by atoms with Crippen LogP contribution < -0.4 is 0 Å². The first-order valence-electron chi connectivity index (χ1n) is 5.76. The van der Waals surface area contributed by atoms with Crippen LogP contribution in [0.1, 0.15) is 11.1 Å². The van der Waals surface area contributed by atoms with Crippen LogP contribution in [0.15, 0.2) is 54.9 Å². The molecule has 0 aliphatic rings. The highest BCUT2D eigenvalue weighted by Crippen LogP contribution is 2.19. The van der Waals surface area contributed by atoms with Gasteiger partial charge in [-0.3, -0.25) is 4.98 Å². The summed E-state index contributed by atoms with van der Waals surface area (Å²) in [6.07, 6.45) is 4.45. The number of aromatic nitrogens is 2. The first-order chi connectivity index (χ1) is 8.83. The Morgan fingerprint density at radius 1 is 0.944 bits per heavy atom. The van der Waals surface area contributed by atoms with Crippen molar-refractivity contribution in [3.63, 3.8) is 0 Å². The molecule has 3 aromatic rings. The zero-order valence-electron chi connectivity index (χ0n) is 9.68. The number of hydrogen-bond acceptors (Lipinski definition) is 2. The van der Waals surface area contributed by atoms with Crippen molar-refractivity contribution in [3.05, 3.63) is 71.1 Å². The predicted molar refractivity (Wildman–Crippen MR) is 73.8 cm³/mol. The smallest absolute Gasteiger partial charge is 0.129 e. The van der Waals surface area contributed by atoms with E-state index >= 15 is 0 Å². The van der Waals surface area contributed by atoms with Gasteiger partial charge in [-0.05, 0) is 23.3 Å². The minimum absolute atomic E-state index is 0.523. The molecule has 2 heterocycles. The van der Waals surface area contributed by atoms with Crippen molar-refractivity contribution in [2.75, 3.05) is 0 Å². The van der Waals surface area contributed by atoms with Crippen molar-refractivity contribution in [1.29, 1.82) is 0 Å². The van der Waals surface area contributed by atoms with Gasteiger partial charge >= 0.3 is 0 Å². The molecule has 88 valence electrons. The Hall–Kier alpha value is -1.93. The van der Waals surface area contributed by atoms with E-state index < -0.39 is 0 Å². The van der Waals surface area contributed by atoms with Gasteiger partial charge in [0.25, 0.3) is 0 Å². The highest BCUT2D eigenvalue weighted by Gasteiger charge is 2.03. The first-order valence-corrected chi connectivity index (χ1v) is 6.14. The number of nitrogens with zero attached hydrogens (tertiary/aromatic N) is 2. The molecule has 3 rings (SSSR count). The molecule has 0 saturated heterocycles. The normalized spacial score (nSPS) is 10.7. The first kappa shape index (κ1) is 11.2. The summed E-state index contributed by atoms with van der Waals surface area (Å²) in [6.45, 7) is 0. The Labute approximate surface area is 110 Å². The maximum atomic E-state index is 5.79. The van der Waals surface area contributed by atoms with E-state index in [0.717, 1.165) is 22.9 Å². The molecular weight excluding hydrogens is 244 g/mol. The van der Waals surface area contributed by atoms with E-state index in [0.29, 0.717) is 5.15 Å². The molecule has 0 radical (unpaired) electrons. The van der Waals surface area contributed by atoms with Crippen LogP contribution in [0, 0.1) is 0 Å². The van der Waals surface area contributed by atoms with Crippen LogP contribution in [-0.2, 0) is 6.42 Å². The number of halogens is 1. The molecule has 0 atom stereocenters. The fourth-order valence-electron chi connectivity index (χ4n) is 2.04. The largest absolute Gasteiger partial charge is 0.256 e. The molecule has 1 aromatic carbocycles. The molecule has 0 fully saturated rings. The van der Waals surface area contributed by atoms with Crippen LogP contribution in [0.25, 0.3) is 10.9 Å². The fourth-order valence-corrected chi connectivity index (χ4v) is 2.15. The van der Waals surface area contributed by atoms with Gasteiger partial charge in [-0.1, -0.05) is 41.9 Å². The van der Waals surface area contributed by atoms with Crippen LogP contribution in [0.4, 0.5) is 0 Å². The summed E-state index contributed by atoms with van der Waals surface area (Å²) >= 11 is 5.79. The Balaban J connectivity index is 2.02. The topological polar surface area (TPSA) is 25.8 Å². The summed E-state index contributed by atoms with van der Waals surface area (Å²) in [6, 6.07) is 14.1. The molecular formula is C15H11ClN2. The van der Waals surface area contributed by atoms with Crippen molar-refractivity contribution in [3.8, 4) is 0 Å². The lowest BCUT2D eigenvalue weighted by atomic mass is 10.0. The van der Waals surface area contributed by atoms with Gasteiger partial charge in [0, 0.05) is 24.2 Å². The number of rotatable bonds is 2. The number of benzene rings is 1. The van der Waals surface area contributed by atoms with E-state index in [1.54, 1.807) is 0 Å². The standard InChI is InChI=1S/C15H11ClN2/c16-14-7-6-11(10-18-14)9-13-4-1-3-12-5-2-8-17-15(12)13/h1-8,10H,9H2. The third-order valence-corrected chi connectivity index (χ3v) is 3.12. The maximum absolute atomic E-state index is 5.79. The van der Waals surface area contributed by atoms with Gasteiger partial charge in [0.15, 0.2) is 0 Å². The summed E-state index contributed by atoms with van der Waals surface area (Å²) in [7, 11) is 0. The van der Waals surface area contributed by atoms with E-state index in [2.05, 4.69) is 34.2 Å². The van der Waals surface area contributed by atoms with Gasteiger partial charge in [0.2, 0.25) is 0 Å². The molecule has 0 spiro atoms. The minimum atomic E-state index is 0.523. The molecule has 0 N–H and O–H groups in total. The lowest BCUT2D eigenvalue weighted by molar-refractivity contribution is 1.15. The monoisotopic (exact) mass is 254 g/mol. The molecule has 0 aliphatic heterocycles. The quantitative estimate of drug-likeness (QED) is 0.649. The van der Waals surface area contributed by atoms with Gasteiger partial charge in [0.1, 0.15) is 5.15 Å². The van der Waals surface area contributed by atoms with Crippen molar-refractivity contribution in [1.82, 2.24) is 9.97 Å². The Morgan fingerprint density at radius 2 is 1.83 bits per heavy atom. The zero-order chi connectivity index (χ0) is 12.4. The molecule has 0 bridgehead atoms. The summed E-state index contributed by atoms with van der Waals surface area (Å²) in [5.74, 6) is 0. The van der Waals surface area contributed by atoms with Crippen molar-refractivity contribution in [2.24, 2.45) is 0 Å². The zero-order valence-corrected chi connectivity index (χ0v) is 10.4. The molecule has 0 amide bonds. The number of para-hydroxylation sites is 1. The van der Waals surface area contributed by atoms with Crippen LogP contribution in [0.5, 0.6) is 0 Å². The SMILES string of the molecule is Clc1ccc(Cc2cccc3cccnc23)cn1. The lowest BCUT2D eigenvalue weighted by Crippen LogP contribution is -1.92. The summed E-state index contributed by atoms with van der Waals surface area (Å²) in [5.41, 5.74) is 3.39. The molecule has 2 aromatic heterocycles. The van der Waals surface area contributed by atoms with Crippen molar-refractivity contribution >= 4 is 22.5 Å². The number of pyridine rings is 2. The molecule has 18 heavy (non-hydrogen) atoms. The van der Waals surface area contributed by atoms with Crippen molar-refractivity contribution < 1.29 is 0 Å². The predicted octanol–water partition coefficient (Wildman–Crippen LogP) is 3.87. The van der Waals surface area contributed by atoms with Crippen LogP contribution >= 0.6 is 11.6 Å². The molecule has 0 aliphatic carbocycles. The van der Waals surface area contributed by atoms with Gasteiger partial charge < -0.3 is 0 Å². The molecule has 0 saturated carbocycles. The second kappa shape index (κ2) is 4.75. The molecule has 3 heteroatoms. The summed E-state index contributed by atoms with van der Waals surface area (Å²) < 4.78 is 0.